The number of fused-ring (bicyclic) bond motifs is 4. The van der Waals surface area contributed by atoms with Crippen molar-refractivity contribution in [3.63, 3.8) is 0 Å². The number of pyridine rings is 1. The predicted molar refractivity (Wildman–Crippen MR) is 87.6 cm³/mol. The maximum Gasteiger partial charge on any atom is 0.131 e. The van der Waals surface area contributed by atoms with Crippen LogP contribution in [0.2, 0.25) is 0 Å². The van der Waals surface area contributed by atoms with Crippen molar-refractivity contribution in [3.8, 4) is 0 Å². The Morgan fingerprint density at radius 3 is 2.95 bits per heavy atom. The third kappa shape index (κ3) is 2.16. The maximum absolute atomic E-state index is 11.0. The Bertz CT molecular complexity index is 693. The van der Waals surface area contributed by atoms with Crippen LogP contribution >= 0.6 is 0 Å². The number of rotatable bonds is 3. The molecule has 2 aromatic rings. The van der Waals surface area contributed by atoms with Crippen LogP contribution in [0.3, 0.4) is 0 Å². The molecule has 0 aliphatic carbocycles. The molecule has 114 valence electrons. The molecule has 3 aliphatic heterocycles. The van der Waals surface area contributed by atoms with E-state index in [4.69, 9.17) is 0 Å². The summed E-state index contributed by atoms with van der Waals surface area (Å²) in [7, 11) is 0. The molecular formula is C19H23N2O+. The van der Waals surface area contributed by atoms with Gasteiger partial charge in [0.1, 0.15) is 12.1 Å². The van der Waals surface area contributed by atoms with Gasteiger partial charge in [-0.3, -0.25) is 4.98 Å². The van der Waals surface area contributed by atoms with E-state index >= 15 is 0 Å². The minimum atomic E-state index is -0.406. The molecule has 3 nitrogen and oxygen atoms in total. The van der Waals surface area contributed by atoms with Crippen molar-refractivity contribution in [2.75, 3.05) is 13.1 Å². The van der Waals surface area contributed by atoms with E-state index in [9.17, 15) is 5.11 Å². The zero-order valence-corrected chi connectivity index (χ0v) is 12.8. The van der Waals surface area contributed by atoms with Crippen LogP contribution < -0.4 is 4.90 Å². The van der Waals surface area contributed by atoms with E-state index in [2.05, 4.69) is 23.7 Å². The molecule has 3 fully saturated rings. The number of aliphatic hydroxyl groups is 1. The van der Waals surface area contributed by atoms with Crippen molar-refractivity contribution in [3.05, 3.63) is 54.7 Å². The lowest BCUT2D eigenvalue weighted by molar-refractivity contribution is -0.949. The highest BCUT2D eigenvalue weighted by atomic mass is 16.3. The summed E-state index contributed by atoms with van der Waals surface area (Å²) in [6.45, 7) is 6.29. The molecule has 0 saturated carbocycles. The van der Waals surface area contributed by atoms with E-state index in [-0.39, 0.29) is 0 Å². The standard InChI is InChI=1S/C19H22N2O/c1-2-13-12-21-10-8-14(13)11-18(21)19(22)16-7-9-20-17-6-4-3-5-15(16)17/h2-7,9,13-14,18-19,22H,1,8,10-12H2/p+1/t13-,14-,18-,19+/m0/s1. The number of para-hydroxylation sites is 1. The largest absolute Gasteiger partial charge is 0.382 e. The topological polar surface area (TPSA) is 37.6 Å². The second kappa shape index (κ2) is 5.49. The fourth-order valence-electron chi connectivity index (χ4n) is 4.50. The number of piperidine rings is 3. The van der Waals surface area contributed by atoms with E-state index in [1.54, 1.807) is 4.90 Å². The molecular weight excluding hydrogens is 272 g/mol. The lowest BCUT2D eigenvalue weighted by atomic mass is 9.73. The van der Waals surface area contributed by atoms with Crippen LogP contribution in [-0.4, -0.2) is 29.2 Å². The molecule has 1 unspecified atom stereocenters. The van der Waals surface area contributed by atoms with Gasteiger partial charge in [-0.15, -0.1) is 6.58 Å². The highest BCUT2D eigenvalue weighted by Gasteiger charge is 2.45. The van der Waals surface area contributed by atoms with E-state index < -0.39 is 6.10 Å². The summed E-state index contributed by atoms with van der Waals surface area (Å²) >= 11 is 0. The van der Waals surface area contributed by atoms with Crippen molar-refractivity contribution in [1.29, 1.82) is 0 Å². The van der Waals surface area contributed by atoms with Gasteiger partial charge in [0.05, 0.1) is 18.6 Å². The van der Waals surface area contributed by atoms with E-state index in [1.807, 2.05) is 30.5 Å². The van der Waals surface area contributed by atoms with Gasteiger partial charge in [-0.2, -0.15) is 0 Å². The minimum Gasteiger partial charge on any atom is -0.382 e. The molecule has 5 rings (SSSR count). The maximum atomic E-state index is 11.0. The SMILES string of the molecule is C=C[C@H]1C[NH+]2CC[C@H]1C[C@H]2[C@H](O)c1ccnc2ccccc12. The molecule has 1 aromatic heterocycles. The van der Waals surface area contributed by atoms with Crippen molar-refractivity contribution in [1.82, 2.24) is 4.98 Å². The molecule has 2 bridgehead atoms. The smallest absolute Gasteiger partial charge is 0.131 e. The van der Waals surface area contributed by atoms with Gasteiger partial charge in [0, 0.05) is 30.3 Å². The van der Waals surface area contributed by atoms with Crippen LogP contribution in [0, 0.1) is 11.8 Å². The second-order valence-corrected chi connectivity index (χ2v) is 6.77. The summed E-state index contributed by atoms with van der Waals surface area (Å²) in [5.41, 5.74) is 2.00. The molecule has 3 heteroatoms. The quantitative estimate of drug-likeness (QED) is 0.847. The monoisotopic (exact) mass is 295 g/mol. The predicted octanol–water partition coefficient (Wildman–Crippen LogP) is 1.75. The molecule has 1 aromatic carbocycles. The molecule has 5 atom stereocenters. The number of benzene rings is 1. The molecule has 3 saturated heterocycles. The Hall–Kier alpha value is -1.71. The van der Waals surface area contributed by atoms with Crippen LogP contribution in [0.15, 0.2) is 49.2 Å². The first-order chi connectivity index (χ1) is 10.8. The molecule has 2 N–H and O–H groups in total. The zero-order valence-electron chi connectivity index (χ0n) is 12.8. The zero-order chi connectivity index (χ0) is 15.1. The van der Waals surface area contributed by atoms with Gasteiger partial charge < -0.3 is 10.0 Å². The summed E-state index contributed by atoms with van der Waals surface area (Å²) in [6, 6.07) is 10.4. The van der Waals surface area contributed by atoms with E-state index in [0.717, 1.165) is 29.4 Å². The Balaban J connectivity index is 1.67. The number of aliphatic hydroxyl groups excluding tert-OH is 1. The molecule has 0 amide bonds. The fourth-order valence-corrected chi connectivity index (χ4v) is 4.50. The molecule has 0 radical (unpaired) electrons. The summed E-state index contributed by atoms with van der Waals surface area (Å²) in [4.78, 5) is 5.95. The van der Waals surface area contributed by atoms with Gasteiger partial charge in [-0.05, 0) is 23.6 Å². The Morgan fingerprint density at radius 2 is 2.18 bits per heavy atom. The highest BCUT2D eigenvalue weighted by molar-refractivity contribution is 5.82. The first kappa shape index (κ1) is 13.9. The molecule has 0 spiro atoms. The van der Waals surface area contributed by atoms with Gasteiger partial charge in [0.15, 0.2) is 0 Å². The third-order valence-corrected chi connectivity index (χ3v) is 5.71. The Morgan fingerprint density at radius 1 is 1.32 bits per heavy atom. The first-order valence-electron chi connectivity index (χ1n) is 8.27. The average Bonchev–Trinajstić information content (AvgIpc) is 2.60. The Kier molecular flexibility index (Phi) is 3.47. The van der Waals surface area contributed by atoms with E-state index in [0.29, 0.717) is 17.9 Å². The molecule has 4 heterocycles. The van der Waals surface area contributed by atoms with Crippen LogP contribution in [-0.2, 0) is 0 Å². The summed E-state index contributed by atoms with van der Waals surface area (Å²) in [5, 5.41) is 12.1. The normalized spacial score (nSPS) is 32.0. The lowest BCUT2D eigenvalue weighted by Crippen LogP contribution is -3.20. The number of hydrogen-bond donors (Lipinski definition) is 2. The van der Waals surface area contributed by atoms with E-state index in [1.165, 1.54) is 13.0 Å². The first-order valence-corrected chi connectivity index (χ1v) is 8.27. The third-order valence-electron chi connectivity index (χ3n) is 5.71. The Labute approximate surface area is 131 Å². The van der Waals surface area contributed by atoms with Crippen molar-refractivity contribution < 1.29 is 10.0 Å². The highest BCUT2D eigenvalue weighted by Crippen LogP contribution is 2.33. The number of aromatic nitrogens is 1. The minimum absolute atomic E-state index is 0.306. The van der Waals surface area contributed by atoms with Gasteiger partial charge in [-0.25, -0.2) is 0 Å². The average molecular weight is 295 g/mol. The molecule has 22 heavy (non-hydrogen) atoms. The lowest BCUT2D eigenvalue weighted by Gasteiger charge is -2.47. The van der Waals surface area contributed by atoms with Crippen LogP contribution in [0.1, 0.15) is 24.5 Å². The van der Waals surface area contributed by atoms with Gasteiger partial charge in [0.2, 0.25) is 0 Å². The van der Waals surface area contributed by atoms with Gasteiger partial charge >= 0.3 is 0 Å². The van der Waals surface area contributed by atoms with Crippen molar-refractivity contribution >= 4 is 10.9 Å². The van der Waals surface area contributed by atoms with Crippen molar-refractivity contribution in [2.24, 2.45) is 11.8 Å². The fraction of sp³-hybridized carbons (Fsp3) is 0.421. The number of quaternary nitrogens is 1. The van der Waals surface area contributed by atoms with Crippen LogP contribution in [0.25, 0.3) is 10.9 Å². The number of hydrogen-bond acceptors (Lipinski definition) is 2. The summed E-state index contributed by atoms with van der Waals surface area (Å²) < 4.78 is 0. The molecule has 3 aliphatic rings. The van der Waals surface area contributed by atoms with Crippen molar-refractivity contribution in [2.45, 2.75) is 25.0 Å². The number of nitrogens with zero attached hydrogens (tertiary/aromatic N) is 1. The second-order valence-electron chi connectivity index (χ2n) is 6.77. The van der Waals surface area contributed by atoms with Gasteiger partial charge in [0.25, 0.3) is 0 Å². The van der Waals surface area contributed by atoms with Crippen LogP contribution in [0.5, 0.6) is 0 Å². The van der Waals surface area contributed by atoms with Gasteiger partial charge in [-0.1, -0.05) is 24.3 Å². The van der Waals surface area contributed by atoms with Crippen LogP contribution in [0.4, 0.5) is 0 Å². The summed E-state index contributed by atoms with van der Waals surface area (Å²) in [5.74, 6) is 1.32. The number of nitrogens with one attached hydrogen (secondary N) is 1. The summed E-state index contributed by atoms with van der Waals surface area (Å²) in [6.07, 6.45) is 5.90.